The molecule has 2 heterocycles. The second-order valence-corrected chi connectivity index (χ2v) is 12.6. The monoisotopic (exact) mass is 514 g/mol. The lowest BCUT2D eigenvalue weighted by Gasteiger charge is -2.39. The summed E-state index contributed by atoms with van der Waals surface area (Å²) < 4.78 is 48.8. The van der Waals surface area contributed by atoms with E-state index >= 15 is 0 Å². The summed E-state index contributed by atoms with van der Waals surface area (Å²) >= 11 is 0. The summed E-state index contributed by atoms with van der Waals surface area (Å²) in [5.41, 5.74) is 3.13. The Bertz CT molecular complexity index is 1270. The Kier molecular flexibility index (Phi) is 7.56. The Morgan fingerprint density at radius 2 is 1.26 bits per heavy atom. The molecule has 0 amide bonds. The van der Waals surface area contributed by atoms with Crippen LogP contribution < -0.4 is 3.71 Å². The largest absolute Gasteiger partial charge is 0.295 e. The summed E-state index contributed by atoms with van der Waals surface area (Å²) in [5, 5.41) is 0. The molecule has 1 saturated heterocycles. The minimum Gasteiger partial charge on any atom is -0.295 e. The molecule has 4 rings (SSSR count). The highest BCUT2D eigenvalue weighted by molar-refractivity contribution is 8.09. The summed E-state index contributed by atoms with van der Waals surface area (Å²) in [6.45, 7) is 3.83. The highest BCUT2D eigenvalue weighted by atomic mass is 32.3. The SMILES string of the molecule is CS(=O)(=O)N(c1cccc(CN2CCN(C(c3ccccc3)c3ccccc3)CC2)n1)S(C)(=O)=O. The van der Waals surface area contributed by atoms with E-state index < -0.39 is 20.0 Å². The van der Waals surface area contributed by atoms with Crippen molar-refractivity contribution in [2.45, 2.75) is 12.6 Å². The van der Waals surface area contributed by atoms with Crippen LogP contribution in [0.4, 0.5) is 5.82 Å². The van der Waals surface area contributed by atoms with Crippen molar-refractivity contribution in [2.75, 3.05) is 42.4 Å². The summed E-state index contributed by atoms with van der Waals surface area (Å²) in [4.78, 5) is 9.08. The van der Waals surface area contributed by atoms with Gasteiger partial charge < -0.3 is 0 Å². The van der Waals surface area contributed by atoms with Gasteiger partial charge in [-0.2, -0.15) is 0 Å². The molecule has 1 aromatic heterocycles. The number of aromatic nitrogens is 1. The fourth-order valence-electron chi connectivity index (χ4n) is 4.54. The van der Waals surface area contributed by atoms with Crippen LogP contribution in [0.3, 0.4) is 0 Å². The molecular formula is C25H30N4O4S2. The van der Waals surface area contributed by atoms with E-state index in [0.717, 1.165) is 38.7 Å². The van der Waals surface area contributed by atoms with Crippen LogP contribution in [0.2, 0.25) is 0 Å². The minimum atomic E-state index is -4.03. The molecule has 0 unspecified atom stereocenters. The first kappa shape index (κ1) is 25.3. The molecule has 0 atom stereocenters. The molecule has 0 saturated carbocycles. The molecule has 0 radical (unpaired) electrons. The Hall–Kier alpha value is -2.79. The normalized spacial score (nSPS) is 15.9. The van der Waals surface area contributed by atoms with Crippen molar-refractivity contribution >= 4 is 25.9 Å². The van der Waals surface area contributed by atoms with Crippen molar-refractivity contribution in [1.29, 1.82) is 0 Å². The van der Waals surface area contributed by atoms with Crippen molar-refractivity contribution in [3.05, 3.63) is 95.7 Å². The number of rotatable bonds is 8. The summed E-state index contributed by atoms with van der Waals surface area (Å²) in [6, 6.07) is 26.0. The maximum Gasteiger partial charge on any atom is 0.246 e. The van der Waals surface area contributed by atoms with Crippen molar-refractivity contribution in [3.8, 4) is 0 Å². The molecule has 3 aromatic rings. The van der Waals surface area contributed by atoms with E-state index in [-0.39, 0.29) is 11.9 Å². The van der Waals surface area contributed by atoms with Gasteiger partial charge in [0.15, 0.2) is 5.82 Å². The van der Waals surface area contributed by atoms with Gasteiger partial charge in [0.25, 0.3) is 0 Å². The topological polar surface area (TPSA) is 90.9 Å². The molecule has 0 N–H and O–H groups in total. The number of pyridine rings is 1. The number of hydrogen-bond acceptors (Lipinski definition) is 7. The zero-order chi connectivity index (χ0) is 25.1. The van der Waals surface area contributed by atoms with E-state index in [9.17, 15) is 16.8 Å². The van der Waals surface area contributed by atoms with Crippen LogP contribution in [-0.2, 0) is 26.6 Å². The fraction of sp³-hybridized carbons (Fsp3) is 0.320. The maximum atomic E-state index is 12.1. The van der Waals surface area contributed by atoms with Gasteiger partial charge in [0, 0.05) is 32.7 Å². The molecule has 186 valence electrons. The van der Waals surface area contributed by atoms with Crippen LogP contribution in [0.15, 0.2) is 78.9 Å². The molecule has 1 aliphatic heterocycles. The number of nitrogens with zero attached hydrogens (tertiary/aromatic N) is 4. The molecule has 1 aliphatic rings. The third-order valence-corrected chi connectivity index (χ3v) is 9.17. The van der Waals surface area contributed by atoms with E-state index in [2.05, 4.69) is 63.3 Å². The maximum absolute atomic E-state index is 12.1. The number of hydrogen-bond donors (Lipinski definition) is 0. The highest BCUT2D eigenvalue weighted by Gasteiger charge is 2.29. The number of benzene rings is 2. The van der Waals surface area contributed by atoms with Gasteiger partial charge in [-0.05, 0) is 23.3 Å². The molecule has 10 heteroatoms. The van der Waals surface area contributed by atoms with Crippen LogP contribution >= 0.6 is 0 Å². The molecule has 1 fully saturated rings. The van der Waals surface area contributed by atoms with E-state index in [0.29, 0.717) is 15.9 Å². The van der Waals surface area contributed by atoms with Crippen molar-refractivity contribution in [3.63, 3.8) is 0 Å². The van der Waals surface area contributed by atoms with Gasteiger partial charge in [-0.1, -0.05) is 66.7 Å². The molecule has 8 nitrogen and oxygen atoms in total. The lowest BCUT2D eigenvalue weighted by atomic mass is 9.96. The van der Waals surface area contributed by atoms with Crippen molar-refractivity contribution in [2.24, 2.45) is 0 Å². The average molecular weight is 515 g/mol. The Morgan fingerprint density at radius 1 is 0.743 bits per heavy atom. The average Bonchev–Trinajstić information content (AvgIpc) is 2.80. The van der Waals surface area contributed by atoms with Gasteiger partial charge in [0.1, 0.15) is 0 Å². The molecule has 0 spiro atoms. The van der Waals surface area contributed by atoms with Gasteiger partial charge >= 0.3 is 0 Å². The molecule has 2 aromatic carbocycles. The minimum absolute atomic E-state index is 0.112. The van der Waals surface area contributed by atoms with Crippen LogP contribution in [0.5, 0.6) is 0 Å². The number of sulfonamides is 2. The quantitative estimate of drug-likeness (QED) is 0.457. The second-order valence-electron chi connectivity index (χ2n) is 8.75. The zero-order valence-electron chi connectivity index (χ0n) is 19.9. The van der Waals surface area contributed by atoms with Crippen molar-refractivity contribution in [1.82, 2.24) is 14.8 Å². The molecule has 35 heavy (non-hydrogen) atoms. The first-order chi connectivity index (χ1) is 16.6. The fourth-order valence-corrected chi connectivity index (χ4v) is 7.39. The smallest absolute Gasteiger partial charge is 0.246 e. The molecule has 0 bridgehead atoms. The second kappa shape index (κ2) is 10.4. The van der Waals surface area contributed by atoms with Gasteiger partial charge in [0.05, 0.1) is 24.2 Å². The number of piperazine rings is 1. The first-order valence-corrected chi connectivity index (χ1v) is 15.1. The lowest BCUT2D eigenvalue weighted by Crippen LogP contribution is -2.47. The Balaban J connectivity index is 1.48. The van der Waals surface area contributed by atoms with Gasteiger partial charge in [0.2, 0.25) is 20.0 Å². The van der Waals surface area contributed by atoms with Crippen LogP contribution in [0.1, 0.15) is 22.9 Å². The summed E-state index contributed by atoms with van der Waals surface area (Å²) in [6.07, 6.45) is 1.72. The van der Waals surface area contributed by atoms with Gasteiger partial charge in [-0.3, -0.25) is 9.80 Å². The van der Waals surface area contributed by atoms with E-state index in [1.165, 1.54) is 17.2 Å². The predicted octanol–water partition coefficient (Wildman–Crippen LogP) is 2.71. The van der Waals surface area contributed by atoms with E-state index in [4.69, 9.17) is 0 Å². The van der Waals surface area contributed by atoms with E-state index in [1.807, 2.05) is 12.1 Å². The highest BCUT2D eigenvalue weighted by Crippen LogP contribution is 2.29. The Morgan fingerprint density at radius 3 is 1.74 bits per heavy atom. The zero-order valence-corrected chi connectivity index (χ0v) is 21.5. The third-order valence-electron chi connectivity index (χ3n) is 5.97. The summed E-state index contributed by atoms with van der Waals surface area (Å²) in [5.74, 6) is -0.112. The Labute approximate surface area is 207 Å². The third kappa shape index (κ3) is 6.26. The van der Waals surface area contributed by atoms with Crippen LogP contribution in [0.25, 0.3) is 0 Å². The molecular weight excluding hydrogens is 484 g/mol. The van der Waals surface area contributed by atoms with Crippen molar-refractivity contribution < 1.29 is 16.8 Å². The number of anilines is 1. The van der Waals surface area contributed by atoms with Gasteiger partial charge in [-0.25, -0.2) is 21.8 Å². The van der Waals surface area contributed by atoms with Gasteiger partial charge in [-0.15, -0.1) is 3.71 Å². The van der Waals surface area contributed by atoms with Crippen LogP contribution in [-0.4, -0.2) is 70.3 Å². The lowest BCUT2D eigenvalue weighted by molar-refractivity contribution is 0.104. The standard InChI is InChI=1S/C25H30N4O4S2/c1-34(30,31)29(35(2,32)33)24-15-9-14-23(26-24)20-27-16-18-28(19-17-27)25(21-10-5-3-6-11-21)22-12-7-4-8-13-22/h3-15,25H,16-20H2,1-2H3. The molecule has 0 aliphatic carbocycles. The predicted molar refractivity (Wildman–Crippen MR) is 138 cm³/mol. The van der Waals surface area contributed by atoms with E-state index in [1.54, 1.807) is 12.1 Å². The summed E-state index contributed by atoms with van der Waals surface area (Å²) in [7, 11) is -8.06. The van der Waals surface area contributed by atoms with Crippen LogP contribution in [0, 0.1) is 0 Å². The first-order valence-electron chi connectivity index (χ1n) is 11.4.